The first-order chi connectivity index (χ1) is 11.0. The Morgan fingerprint density at radius 3 is 2.48 bits per heavy atom. The van der Waals surface area contributed by atoms with Crippen molar-refractivity contribution in [3.63, 3.8) is 0 Å². The van der Waals surface area contributed by atoms with E-state index in [2.05, 4.69) is 0 Å². The second kappa shape index (κ2) is 6.34. The molecule has 0 spiro atoms. The van der Waals surface area contributed by atoms with Gasteiger partial charge in [-0.3, -0.25) is 4.79 Å². The van der Waals surface area contributed by atoms with Crippen molar-refractivity contribution in [2.75, 3.05) is 11.4 Å². The number of carbonyl (C=O) groups excluding carboxylic acids is 1. The fourth-order valence-electron chi connectivity index (χ4n) is 2.48. The molecule has 23 heavy (non-hydrogen) atoms. The van der Waals surface area contributed by atoms with Crippen molar-refractivity contribution in [1.82, 2.24) is 0 Å². The molecule has 0 saturated carbocycles. The van der Waals surface area contributed by atoms with Crippen molar-refractivity contribution < 1.29 is 18.3 Å². The summed E-state index contributed by atoms with van der Waals surface area (Å²) in [6.07, 6.45) is 0.646. The number of hydrogen-bond donors (Lipinski definition) is 1. The molecule has 0 aromatic heterocycles. The Labute approximate surface area is 132 Å². The molecule has 1 unspecified atom stereocenters. The second-order valence-electron chi connectivity index (χ2n) is 5.42. The number of nitrogens with two attached hydrogens (primary N) is 1. The summed E-state index contributed by atoms with van der Waals surface area (Å²) < 4.78 is 31.5. The molecule has 2 aromatic carbocycles. The molecule has 1 atom stereocenters. The van der Waals surface area contributed by atoms with Crippen molar-refractivity contribution in [1.29, 1.82) is 0 Å². The van der Waals surface area contributed by atoms with Gasteiger partial charge >= 0.3 is 0 Å². The normalized spacial score (nSPS) is 17.6. The maximum absolute atomic E-state index is 13.1. The van der Waals surface area contributed by atoms with Crippen LogP contribution in [0.15, 0.2) is 42.5 Å². The van der Waals surface area contributed by atoms with Crippen LogP contribution in [0.4, 0.5) is 14.5 Å². The topological polar surface area (TPSA) is 55.6 Å². The second-order valence-corrected chi connectivity index (χ2v) is 5.42. The lowest BCUT2D eigenvalue weighted by Gasteiger charge is -2.16. The third-order valence-corrected chi connectivity index (χ3v) is 3.78. The molecule has 2 aromatic rings. The van der Waals surface area contributed by atoms with Crippen LogP contribution in [0.2, 0.25) is 0 Å². The van der Waals surface area contributed by atoms with Gasteiger partial charge in [-0.2, -0.15) is 0 Å². The SMILES string of the molecule is NC1CCN(c2ccc(OCc3ccc(F)c(F)c3)cc2)C1=O. The van der Waals surface area contributed by atoms with Gasteiger partial charge in [-0.1, -0.05) is 6.07 Å². The van der Waals surface area contributed by atoms with E-state index in [9.17, 15) is 13.6 Å². The largest absolute Gasteiger partial charge is 0.489 e. The van der Waals surface area contributed by atoms with Crippen LogP contribution in [0.3, 0.4) is 0 Å². The summed E-state index contributed by atoms with van der Waals surface area (Å²) in [5.74, 6) is -1.29. The molecule has 2 N–H and O–H groups in total. The third kappa shape index (κ3) is 3.32. The number of carbonyl (C=O) groups is 1. The molecule has 6 heteroatoms. The van der Waals surface area contributed by atoms with Gasteiger partial charge in [0.1, 0.15) is 12.4 Å². The summed E-state index contributed by atoms with van der Waals surface area (Å²) in [4.78, 5) is 13.5. The minimum Gasteiger partial charge on any atom is -0.489 e. The summed E-state index contributed by atoms with van der Waals surface area (Å²) in [6, 6.07) is 10.2. The smallest absolute Gasteiger partial charge is 0.243 e. The molecule has 1 aliphatic heterocycles. The van der Waals surface area contributed by atoms with Crippen LogP contribution < -0.4 is 15.4 Å². The zero-order valence-corrected chi connectivity index (χ0v) is 12.3. The Balaban J connectivity index is 1.63. The Morgan fingerprint density at radius 2 is 1.87 bits per heavy atom. The highest BCUT2D eigenvalue weighted by Crippen LogP contribution is 2.24. The Hall–Kier alpha value is -2.47. The summed E-state index contributed by atoms with van der Waals surface area (Å²) in [6.45, 7) is 0.735. The van der Waals surface area contributed by atoms with Crippen molar-refractivity contribution in [2.24, 2.45) is 5.73 Å². The van der Waals surface area contributed by atoms with Crippen molar-refractivity contribution >= 4 is 11.6 Å². The third-order valence-electron chi connectivity index (χ3n) is 3.78. The number of nitrogens with zero attached hydrogens (tertiary/aromatic N) is 1. The first kappa shape index (κ1) is 15.4. The van der Waals surface area contributed by atoms with Crippen molar-refractivity contribution in [2.45, 2.75) is 19.1 Å². The maximum Gasteiger partial charge on any atom is 0.243 e. The first-order valence-electron chi connectivity index (χ1n) is 7.28. The van der Waals surface area contributed by atoms with Gasteiger partial charge in [-0.25, -0.2) is 8.78 Å². The average Bonchev–Trinajstić information content (AvgIpc) is 2.89. The first-order valence-corrected chi connectivity index (χ1v) is 7.28. The van der Waals surface area contributed by atoms with E-state index in [0.717, 1.165) is 17.8 Å². The van der Waals surface area contributed by atoms with E-state index < -0.39 is 17.7 Å². The fraction of sp³-hybridized carbons (Fsp3) is 0.235. The van der Waals surface area contributed by atoms with Crippen LogP contribution in [-0.4, -0.2) is 18.5 Å². The van der Waals surface area contributed by atoms with E-state index in [1.54, 1.807) is 29.2 Å². The summed E-state index contributed by atoms with van der Waals surface area (Å²) in [5.41, 5.74) is 7.00. The molecule has 1 heterocycles. The van der Waals surface area contributed by atoms with Gasteiger partial charge in [0.05, 0.1) is 6.04 Å². The highest BCUT2D eigenvalue weighted by atomic mass is 19.2. The standard InChI is InChI=1S/C17H16F2N2O2/c18-14-6-1-11(9-15(14)19)10-23-13-4-2-12(3-5-13)21-8-7-16(20)17(21)22/h1-6,9,16H,7-8,10,20H2. The number of hydrogen-bond acceptors (Lipinski definition) is 3. The minimum absolute atomic E-state index is 0.0829. The van der Waals surface area contributed by atoms with E-state index in [0.29, 0.717) is 24.3 Å². The lowest BCUT2D eigenvalue weighted by molar-refractivity contribution is -0.118. The van der Waals surface area contributed by atoms with E-state index in [4.69, 9.17) is 10.5 Å². The number of amides is 1. The minimum atomic E-state index is -0.898. The summed E-state index contributed by atoms with van der Waals surface area (Å²) in [5, 5.41) is 0. The number of halogens is 2. The van der Waals surface area contributed by atoms with E-state index in [1.807, 2.05) is 0 Å². The van der Waals surface area contributed by atoms with Gasteiger partial charge in [-0.05, 0) is 48.4 Å². The molecule has 3 rings (SSSR count). The Bertz CT molecular complexity index is 719. The Kier molecular flexibility index (Phi) is 4.25. The quantitative estimate of drug-likeness (QED) is 0.943. The summed E-state index contributed by atoms with van der Waals surface area (Å²) >= 11 is 0. The number of benzene rings is 2. The van der Waals surface area contributed by atoms with E-state index >= 15 is 0 Å². The fourth-order valence-corrected chi connectivity index (χ4v) is 2.48. The van der Waals surface area contributed by atoms with Gasteiger partial charge in [-0.15, -0.1) is 0 Å². The zero-order chi connectivity index (χ0) is 16.4. The predicted molar refractivity (Wildman–Crippen MR) is 82.1 cm³/mol. The van der Waals surface area contributed by atoms with Gasteiger partial charge in [0.2, 0.25) is 5.91 Å². The van der Waals surface area contributed by atoms with Crippen LogP contribution in [0.5, 0.6) is 5.75 Å². The van der Waals surface area contributed by atoms with Crippen LogP contribution >= 0.6 is 0 Å². The van der Waals surface area contributed by atoms with Gasteiger partial charge < -0.3 is 15.4 Å². The molecule has 1 saturated heterocycles. The highest BCUT2D eigenvalue weighted by molar-refractivity contribution is 5.99. The van der Waals surface area contributed by atoms with Crippen LogP contribution in [0.25, 0.3) is 0 Å². The molecule has 1 fully saturated rings. The van der Waals surface area contributed by atoms with Crippen LogP contribution in [0.1, 0.15) is 12.0 Å². The molecule has 0 aliphatic carbocycles. The molecule has 1 aliphatic rings. The monoisotopic (exact) mass is 318 g/mol. The molecule has 1 amide bonds. The summed E-state index contributed by atoms with van der Waals surface area (Å²) in [7, 11) is 0. The van der Waals surface area contributed by atoms with Crippen LogP contribution in [-0.2, 0) is 11.4 Å². The maximum atomic E-state index is 13.1. The number of ether oxygens (including phenoxy) is 1. The zero-order valence-electron chi connectivity index (χ0n) is 12.3. The average molecular weight is 318 g/mol. The predicted octanol–water partition coefficient (Wildman–Crippen LogP) is 2.61. The highest BCUT2D eigenvalue weighted by Gasteiger charge is 2.29. The van der Waals surface area contributed by atoms with Crippen molar-refractivity contribution in [3.05, 3.63) is 59.7 Å². The van der Waals surface area contributed by atoms with Crippen molar-refractivity contribution in [3.8, 4) is 5.75 Å². The lowest BCUT2D eigenvalue weighted by atomic mass is 10.2. The molecular formula is C17H16F2N2O2. The van der Waals surface area contributed by atoms with Crippen LogP contribution in [0, 0.1) is 11.6 Å². The lowest BCUT2D eigenvalue weighted by Crippen LogP contribution is -2.33. The number of rotatable bonds is 4. The molecule has 4 nitrogen and oxygen atoms in total. The molecular weight excluding hydrogens is 302 g/mol. The molecule has 120 valence electrons. The van der Waals surface area contributed by atoms with Gasteiger partial charge in [0.25, 0.3) is 0 Å². The molecule has 0 bridgehead atoms. The van der Waals surface area contributed by atoms with E-state index in [1.165, 1.54) is 6.07 Å². The number of anilines is 1. The van der Waals surface area contributed by atoms with Gasteiger partial charge in [0.15, 0.2) is 11.6 Å². The Morgan fingerprint density at radius 1 is 1.13 bits per heavy atom. The molecule has 0 radical (unpaired) electrons. The van der Waals surface area contributed by atoms with Gasteiger partial charge in [0, 0.05) is 12.2 Å². The van der Waals surface area contributed by atoms with E-state index in [-0.39, 0.29) is 12.5 Å².